The minimum atomic E-state index is -0.983. The van der Waals surface area contributed by atoms with Crippen molar-refractivity contribution in [3.63, 3.8) is 0 Å². The number of hydrogen-bond acceptors (Lipinski definition) is 3. The van der Waals surface area contributed by atoms with Gasteiger partial charge in [-0.15, -0.1) is 0 Å². The molecule has 1 aromatic rings. The zero-order valence-corrected chi connectivity index (χ0v) is 8.97. The molecule has 0 fully saturated rings. The first kappa shape index (κ1) is 11.7. The normalized spacial score (nSPS) is 12.8. The van der Waals surface area contributed by atoms with Gasteiger partial charge in [-0.25, -0.2) is 0 Å². The molecule has 82 valence electrons. The molecule has 0 bridgehead atoms. The van der Waals surface area contributed by atoms with Crippen LogP contribution >= 0.6 is 0 Å². The summed E-state index contributed by atoms with van der Waals surface area (Å²) in [6.45, 7) is 4.12. The lowest BCUT2D eigenvalue weighted by molar-refractivity contribution is -0.138. The van der Waals surface area contributed by atoms with Gasteiger partial charge in [0.15, 0.2) is 0 Å². The molecule has 0 saturated heterocycles. The molecule has 1 aromatic heterocycles. The van der Waals surface area contributed by atoms with E-state index in [0.29, 0.717) is 12.3 Å². The Morgan fingerprint density at radius 2 is 2.20 bits per heavy atom. The molecular weight excluding hydrogens is 192 g/mol. The van der Waals surface area contributed by atoms with E-state index in [9.17, 15) is 4.79 Å². The van der Waals surface area contributed by atoms with Crippen molar-refractivity contribution in [3.8, 4) is 0 Å². The third-order valence-corrected chi connectivity index (χ3v) is 2.21. The molecule has 1 rings (SSSR count). The number of rotatable bonds is 4. The highest BCUT2D eigenvalue weighted by molar-refractivity contribution is 5.73. The molecule has 4 heteroatoms. The van der Waals surface area contributed by atoms with E-state index in [1.54, 1.807) is 6.20 Å². The molecule has 0 saturated carbocycles. The van der Waals surface area contributed by atoms with E-state index in [4.69, 9.17) is 10.8 Å². The minimum Gasteiger partial charge on any atom is -0.480 e. The predicted molar refractivity (Wildman–Crippen MR) is 57.6 cm³/mol. The average Bonchev–Trinajstić information content (AvgIpc) is 2.18. The van der Waals surface area contributed by atoms with Gasteiger partial charge in [-0.05, 0) is 24.0 Å². The van der Waals surface area contributed by atoms with E-state index in [2.05, 4.69) is 18.8 Å². The maximum absolute atomic E-state index is 10.5. The lowest BCUT2D eigenvalue weighted by atomic mass is 10.1. The van der Waals surface area contributed by atoms with Crippen molar-refractivity contribution in [2.75, 3.05) is 0 Å². The first-order valence-corrected chi connectivity index (χ1v) is 4.94. The molecule has 4 nitrogen and oxygen atoms in total. The summed E-state index contributed by atoms with van der Waals surface area (Å²) in [5.41, 5.74) is 7.28. The average molecular weight is 208 g/mol. The molecule has 1 unspecified atom stereocenters. The van der Waals surface area contributed by atoms with E-state index in [0.717, 1.165) is 11.3 Å². The number of aliphatic carboxylic acids is 1. The minimum absolute atomic E-state index is 0.320. The zero-order chi connectivity index (χ0) is 11.4. The summed E-state index contributed by atoms with van der Waals surface area (Å²) in [5.74, 6) is -0.602. The highest BCUT2D eigenvalue weighted by atomic mass is 16.4. The maximum atomic E-state index is 10.5. The van der Waals surface area contributed by atoms with Gasteiger partial charge in [-0.2, -0.15) is 0 Å². The van der Waals surface area contributed by atoms with Crippen LogP contribution in [0.2, 0.25) is 0 Å². The largest absolute Gasteiger partial charge is 0.480 e. The molecule has 0 aromatic carbocycles. The van der Waals surface area contributed by atoms with Crippen LogP contribution in [0.3, 0.4) is 0 Å². The highest BCUT2D eigenvalue weighted by Crippen LogP contribution is 2.11. The summed E-state index contributed by atoms with van der Waals surface area (Å²) in [5, 5.41) is 8.64. The second kappa shape index (κ2) is 4.89. The predicted octanol–water partition coefficient (Wildman–Crippen LogP) is 1.16. The van der Waals surface area contributed by atoms with E-state index in [-0.39, 0.29) is 0 Å². The third-order valence-electron chi connectivity index (χ3n) is 2.21. The van der Waals surface area contributed by atoms with Gasteiger partial charge in [0.2, 0.25) is 0 Å². The fraction of sp³-hybridized carbons (Fsp3) is 0.455. The molecule has 15 heavy (non-hydrogen) atoms. The van der Waals surface area contributed by atoms with E-state index in [1.807, 2.05) is 12.1 Å². The molecule has 0 radical (unpaired) electrons. The van der Waals surface area contributed by atoms with Gasteiger partial charge in [-0.1, -0.05) is 19.9 Å². The summed E-state index contributed by atoms with van der Waals surface area (Å²) < 4.78 is 0. The van der Waals surface area contributed by atoms with Gasteiger partial charge in [0, 0.05) is 11.9 Å². The van der Waals surface area contributed by atoms with Gasteiger partial charge >= 0.3 is 5.97 Å². The first-order chi connectivity index (χ1) is 7.00. The summed E-state index contributed by atoms with van der Waals surface area (Å²) in [4.78, 5) is 14.8. The number of pyridine rings is 1. The van der Waals surface area contributed by atoms with Gasteiger partial charge in [0.1, 0.15) is 6.04 Å². The molecule has 3 N–H and O–H groups in total. The van der Waals surface area contributed by atoms with Crippen LogP contribution in [0.1, 0.15) is 31.0 Å². The van der Waals surface area contributed by atoms with Crippen LogP contribution < -0.4 is 5.73 Å². The Kier molecular flexibility index (Phi) is 3.80. The SMILES string of the molecule is CC(C)c1ccc(CC(N)C(=O)O)cn1. The monoisotopic (exact) mass is 208 g/mol. The summed E-state index contributed by atoms with van der Waals surface area (Å²) in [7, 11) is 0. The molecule has 0 amide bonds. The molecular formula is C11H16N2O2. The topological polar surface area (TPSA) is 76.2 Å². The summed E-state index contributed by atoms with van der Waals surface area (Å²) >= 11 is 0. The van der Waals surface area contributed by atoms with Crippen LogP contribution in [0.5, 0.6) is 0 Å². The molecule has 0 aliphatic heterocycles. The Bertz CT molecular complexity index is 333. The van der Waals surface area contributed by atoms with Crippen LogP contribution in [0, 0.1) is 0 Å². The second-order valence-electron chi connectivity index (χ2n) is 3.89. The Morgan fingerprint density at radius 1 is 1.53 bits per heavy atom. The fourth-order valence-electron chi connectivity index (χ4n) is 1.24. The quantitative estimate of drug-likeness (QED) is 0.778. The number of aromatic nitrogens is 1. The van der Waals surface area contributed by atoms with E-state index >= 15 is 0 Å². The molecule has 0 aliphatic carbocycles. The number of nitrogens with zero attached hydrogens (tertiary/aromatic N) is 1. The second-order valence-corrected chi connectivity index (χ2v) is 3.89. The number of carboxylic acid groups (broad SMARTS) is 1. The van der Waals surface area contributed by atoms with Crippen molar-refractivity contribution in [1.82, 2.24) is 4.98 Å². The Hall–Kier alpha value is -1.42. The number of carbonyl (C=O) groups is 1. The molecule has 1 heterocycles. The van der Waals surface area contributed by atoms with E-state index < -0.39 is 12.0 Å². The van der Waals surface area contributed by atoms with Crippen molar-refractivity contribution < 1.29 is 9.90 Å². The van der Waals surface area contributed by atoms with Crippen molar-refractivity contribution in [1.29, 1.82) is 0 Å². The summed E-state index contributed by atoms with van der Waals surface area (Å²) in [6, 6.07) is 2.94. The lowest BCUT2D eigenvalue weighted by Crippen LogP contribution is -2.32. The van der Waals surface area contributed by atoms with Crippen LogP contribution in [-0.2, 0) is 11.2 Å². The zero-order valence-electron chi connectivity index (χ0n) is 8.97. The Morgan fingerprint density at radius 3 is 2.60 bits per heavy atom. The van der Waals surface area contributed by atoms with Crippen LogP contribution in [-0.4, -0.2) is 22.1 Å². The van der Waals surface area contributed by atoms with Crippen molar-refractivity contribution in [2.45, 2.75) is 32.2 Å². The number of hydrogen-bond donors (Lipinski definition) is 2. The van der Waals surface area contributed by atoms with E-state index in [1.165, 1.54) is 0 Å². The van der Waals surface area contributed by atoms with Crippen LogP contribution in [0.25, 0.3) is 0 Å². The standard InChI is InChI=1S/C11H16N2O2/c1-7(2)10-4-3-8(6-13-10)5-9(12)11(14)15/h3-4,6-7,9H,5,12H2,1-2H3,(H,14,15). The highest BCUT2D eigenvalue weighted by Gasteiger charge is 2.12. The summed E-state index contributed by atoms with van der Waals surface area (Å²) in [6.07, 6.45) is 2.01. The van der Waals surface area contributed by atoms with Gasteiger partial charge < -0.3 is 10.8 Å². The van der Waals surface area contributed by atoms with Gasteiger partial charge in [0.05, 0.1) is 0 Å². The van der Waals surface area contributed by atoms with Gasteiger partial charge in [0.25, 0.3) is 0 Å². The Balaban J connectivity index is 2.68. The van der Waals surface area contributed by atoms with Crippen LogP contribution in [0.15, 0.2) is 18.3 Å². The van der Waals surface area contributed by atoms with Crippen molar-refractivity contribution in [2.24, 2.45) is 5.73 Å². The molecule has 0 spiro atoms. The van der Waals surface area contributed by atoms with Crippen molar-refractivity contribution in [3.05, 3.63) is 29.6 Å². The maximum Gasteiger partial charge on any atom is 0.320 e. The number of nitrogens with two attached hydrogens (primary N) is 1. The lowest BCUT2D eigenvalue weighted by Gasteiger charge is -2.08. The fourth-order valence-corrected chi connectivity index (χ4v) is 1.24. The molecule has 1 atom stereocenters. The van der Waals surface area contributed by atoms with Crippen molar-refractivity contribution >= 4 is 5.97 Å². The molecule has 0 aliphatic rings. The smallest absolute Gasteiger partial charge is 0.320 e. The van der Waals surface area contributed by atoms with Gasteiger partial charge in [-0.3, -0.25) is 9.78 Å². The first-order valence-electron chi connectivity index (χ1n) is 4.94. The Labute approximate surface area is 89.1 Å². The number of carboxylic acids is 1. The van der Waals surface area contributed by atoms with Crippen LogP contribution in [0.4, 0.5) is 0 Å². The third kappa shape index (κ3) is 3.32.